The lowest BCUT2D eigenvalue weighted by molar-refractivity contribution is -0.194. The third kappa shape index (κ3) is 7.97. The molecular weight excluding hydrogens is 388 g/mol. The van der Waals surface area contributed by atoms with Gasteiger partial charge in [-0.1, -0.05) is 85.3 Å². The zero-order valence-corrected chi connectivity index (χ0v) is 19.7. The molecule has 0 bridgehead atoms. The van der Waals surface area contributed by atoms with Crippen LogP contribution in [0.1, 0.15) is 60.8 Å². The summed E-state index contributed by atoms with van der Waals surface area (Å²) in [4.78, 5) is 10.5. The number of hydrogen-bond donors (Lipinski definition) is 3. The van der Waals surface area contributed by atoms with Crippen LogP contribution in [0.25, 0.3) is 0 Å². The smallest absolute Gasteiger partial charge is 0.328 e. The van der Waals surface area contributed by atoms with E-state index in [0.29, 0.717) is 6.42 Å². The Morgan fingerprint density at radius 1 is 0.742 bits per heavy atom. The van der Waals surface area contributed by atoms with E-state index >= 15 is 0 Å². The van der Waals surface area contributed by atoms with Crippen molar-refractivity contribution in [2.45, 2.75) is 72.0 Å². The first-order valence-electron chi connectivity index (χ1n) is 10.7. The average Bonchev–Trinajstić information content (AvgIpc) is 2.66. The minimum Gasteiger partial charge on any atom is -0.478 e. The van der Waals surface area contributed by atoms with Gasteiger partial charge in [-0.2, -0.15) is 0 Å². The fourth-order valence-electron chi connectivity index (χ4n) is 3.78. The minimum absolute atomic E-state index is 0.400. The Morgan fingerprint density at radius 2 is 1.26 bits per heavy atom. The van der Waals surface area contributed by atoms with Gasteiger partial charge in [0.25, 0.3) is 0 Å². The number of aliphatic carboxylic acids is 1. The summed E-state index contributed by atoms with van der Waals surface area (Å²) in [6.07, 6.45) is 22.1. The summed E-state index contributed by atoms with van der Waals surface area (Å²) in [7, 11) is 0. The van der Waals surface area contributed by atoms with E-state index in [1.165, 1.54) is 0 Å². The second-order valence-corrected chi connectivity index (χ2v) is 9.26. The molecule has 0 heterocycles. The maximum absolute atomic E-state index is 11.3. The van der Waals surface area contributed by atoms with Crippen LogP contribution in [-0.2, 0) is 4.79 Å². The molecule has 1 saturated carbocycles. The van der Waals surface area contributed by atoms with Gasteiger partial charge >= 0.3 is 5.97 Å². The Labute approximate surface area is 187 Å². The molecule has 3 N–H and O–H groups in total. The van der Waals surface area contributed by atoms with Gasteiger partial charge in [-0.25, -0.2) is 4.79 Å². The molecule has 0 aliphatic heterocycles. The van der Waals surface area contributed by atoms with Crippen molar-refractivity contribution in [1.82, 2.24) is 0 Å². The Bertz CT molecular complexity index is 826. The SMILES string of the molecule is CC(/C=C/C=C(C)/C=C/[C@@]1(O)C(C)(C)CCC[C@@]1(C)O)=C\C=C\C=C(C)\C=C\C(=O)O. The fourth-order valence-corrected chi connectivity index (χ4v) is 3.78. The highest BCUT2D eigenvalue weighted by atomic mass is 16.4. The van der Waals surface area contributed by atoms with Crippen molar-refractivity contribution in [3.05, 3.63) is 83.6 Å². The van der Waals surface area contributed by atoms with Crippen molar-refractivity contribution >= 4 is 5.97 Å². The molecule has 0 spiro atoms. The molecule has 4 heteroatoms. The van der Waals surface area contributed by atoms with Crippen LogP contribution in [0.2, 0.25) is 0 Å². The largest absolute Gasteiger partial charge is 0.478 e. The summed E-state index contributed by atoms with van der Waals surface area (Å²) < 4.78 is 0. The predicted molar refractivity (Wildman–Crippen MR) is 129 cm³/mol. The van der Waals surface area contributed by atoms with Crippen molar-refractivity contribution in [2.75, 3.05) is 0 Å². The van der Waals surface area contributed by atoms with Crippen molar-refractivity contribution in [1.29, 1.82) is 0 Å². The van der Waals surface area contributed by atoms with E-state index in [-0.39, 0.29) is 0 Å². The first kappa shape index (κ1) is 26.6. The van der Waals surface area contributed by atoms with E-state index in [1.54, 1.807) is 19.1 Å². The molecule has 1 aliphatic rings. The standard InChI is InChI=1S/C27H38O4/c1-21(11-7-8-12-22(2)15-16-24(28)29)13-9-14-23(3)17-20-27(31)25(4,5)18-10-19-26(27,6)30/h7-9,11-17,20,30-31H,10,18-19H2,1-6H3,(H,28,29)/b8-7+,13-9+,16-15+,20-17+,21-11+,22-12+,23-14+/t26-,27-/m1/s1. The molecule has 0 radical (unpaired) electrons. The zero-order chi connectivity index (χ0) is 23.7. The third-order valence-electron chi connectivity index (χ3n) is 5.94. The lowest BCUT2D eigenvalue weighted by Crippen LogP contribution is -2.62. The molecule has 170 valence electrons. The molecular formula is C27H38O4. The first-order chi connectivity index (χ1) is 14.3. The quantitative estimate of drug-likeness (QED) is 0.337. The number of allylic oxidation sites excluding steroid dienone is 12. The summed E-state index contributed by atoms with van der Waals surface area (Å²) in [6.45, 7) is 11.5. The molecule has 1 fully saturated rings. The number of hydrogen-bond acceptors (Lipinski definition) is 3. The van der Waals surface area contributed by atoms with Crippen molar-refractivity contribution in [3.8, 4) is 0 Å². The Hall–Kier alpha value is -2.43. The summed E-state index contributed by atoms with van der Waals surface area (Å²) in [5.41, 5.74) is 0.0721. The molecule has 4 nitrogen and oxygen atoms in total. The van der Waals surface area contributed by atoms with Gasteiger partial charge in [0.05, 0.1) is 5.60 Å². The van der Waals surface area contributed by atoms with Crippen molar-refractivity contribution in [3.63, 3.8) is 0 Å². The van der Waals surface area contributed by atoms with Gasteiger partial charge in [-0.05, 0) is 58.4 Å². The van der Waals surface area contributed by atoms with Crippen molar-refractivity contribution < 1.29 is 20.1 Å². The second kappa shape index (κ2) is 11.3. The highest BCUT2D eigenvalue weighted by Crippen LogP contribution is 2.50. The van der Waals surface area contributed by atoms with Gasteiger partial charge in [-0.3, -0.25) is 0 Å². The predicted octanol–water partition coefficient (Wildman–Crippen LogP) is 5.83. The Balaban J connectivity index is 2.78. The Kier molecular flexibility index (Phi) is 9.67. The van der Waals surface area contributed by atoms with Gasteiger partial charge in [0.15, 0.2) is 0 Å². The van der Waals surface area contributed by atoms with E-state index in [2.05, 4.69) is 0 Å². The molecule has 1 aliphatic carbocycles. The molecule has 0 amide bonds. The molecule has 0 aromatic carbocycles. The maximum Gasteiger partial charge on any atom is 0.328 e. The highest BCUT2D eigenvalue weighted by molar-refractivity contribution is 5.80. The van der Waals surface area contributed by atoms with E-state index in [0.717, 1.165) is 35.6 Å². The van der Waals surface area contributed by atoms with Gasteiger partial charge in [-0.15, -0.1) is 0 Å². The van der Waals surface area contributed by atoms with Crippen LogP contribution in [-0.4, -0.2) is 32.5 Å². The Morgan fingerprint density at radius 3 is 1.81 bits per heavy atom. The molecule has 2 atom stereocenters. The summed E-state index contributed by atoms with van der Waals surface area (Å²) in [5.74, 6) is -0.960. The topological polar surface area (TPSA) is 77.8 Å². The number of carbonyl (C=O) groups is 1. The maximum atomic E-state index is 11.3. The highest BCUT2D eigenvalue weighted by Gasteiger charge is 2.56. The normalized spacial score (nSPS) is 28.5. The van der Waals surface area contributed by atoms with E-state index in [9.17, 15) is 15.0 Å². The van der Waals surface area contributed by atoms with Crippen LogP contribution in [0.4, 0.5) is 0 Å². The van der Waals surface area contributed by atoms with Crippen LogP contribution in [0.5, 0.6) is 0 Å². The monoisotopic (exact) mass is 426 g/mol. The van der Waals surface area contributed by atoms with Crippen LogP contribution < -0.4 is 0 Å². The van der Waals surface area contributed by atoms with E-state index in [4.69, 9.17) is 5.11 Å². The van der Waals surface area contributed by atoms with Gasteiger partial charge < -0.3 is 15.3 Å². The second-order valence-electron chi connectivity index (χ2n) is 9.26. The van der Waals surface area contributed by atoms with Crippen LogP contribution in [0.15, 0.2) is 83.6 Å². The number of rotatable bonds is 8. The van der Waals surface area contributed by atoms with E-state index < -0.39 is 22.6 Å². The molecule has 0 saturated heterocycles. The van der Waals surface area contributed by atoms with Gasteiger partial charge in [0.1, 0.15) is 5.60 Å². The summed E-state index contributed by atoms with van der Waals surface area (Å²) in [6, 6.07) is 0. The summed E-state index contributed by atoms with van der Waals surface area (Å²) >= 11 is 0. The van der Waals surface area contributed by atoms with Gasteiger partial charge in [0.2, 0.25) is 0 Å². The fraction of sp³-hybridized carbons (Fsp3) is 0.444. The van der Waals surface area contributed by atoms with Crippen LogP contribution >= 0.6 is 0 Å². The average molecular weight is 427 g/mol. The molecule has 0 aromatic rings. The van der Waals surface area contributed by atoms with E-state index in [1.807, 2.05) is 83.2 Å². The molecule has 31 heavy (non-hydrogen) atoms. The number of carboxylic acid groups (broad SMARTS) is 1. The first-order valence-corrected chi connectivity index (χ1v) is 10.7. The third-order valence-corrected chi connectivity index (χ3v) is 5.94. The van der Waals surface area contributed by atoms with Crippen LogP contribution in [0.3, 0.4) is 0 Å². The van der Waals surface area contributed by atoms with Gasteiger partial charge in [0, 0.05) is 6.08 Å². The zero-order valence-electron chi connectivity index (χ0n) is 19.7. The molecule has 0 unspecified atom stereocenters. The lowest BCUT2D eigenvalue weighted by atomic mass is 9.58. The molecule has 1 rings (SSSR count). The minimum atomic E-state index is -1.27. The van der Waals surface area contributed by atoms with Crippen LogP contribution in [0, 0.1) is 5.41 Å². The lowest BCUT2D eigenvalue weighted by Gasteiger charge is -2.53. The number of carboxylic acids is 1. The summed E-state index contributed by atoms with van der Waals surface area (Å²) in [5, 5.41) is 30.7. The van der Waals surface area contributed by atoms with Crippen molar-refractivity contribution in [2.24, 2.45) is 5.41 Å². The number of aliphatic hydroxyl groups is 2. The molecule has 0 aromatic heterocycles.